The van der Waals surface area contributed by atoms with Crippen LogP contribution in [0.25, 0.3) is 0 Å². The maximum Gasteiger partial charge on any atom is 0.00683 e. The predicted octanol–water partition coefficient (Wildman–Crippen LogP) is 3.15. The number of thioether (sulfide) groups is 1. The van der Waals surface area contributed by atoms with Crippen LogP contribution in [0.4, 0.5) is 0 Å². The highest BCUT2D eigenvalue weighted by molar-refractivity contribution is 7.99. The van der Waals surface area contributed by atoms with Crippen molar-refractivity contribution in [1.29, 1.82) is 0 Å². The summed E-state index contributed by atoms with van der Waals surface area (Å²) in [5, 5.41) is 4.40. The molecule has 0 amide bonds. The SMILES string of the molecule is CC(CNC1CC1)CSC(C)C(C)C. The van der Waals surface area contributed by atoms with Crippen molar-refractivity contribution in [1.82, 2.24) is 5.32 Å². The van der Waals surface area contributed by atoms with Gasteiger partial charge in [0.15, 0.2) is 0 Å². The Morgan fingerprint density at radius 2 is 1.86 bits per heavy atom. The van der Waals surface area contributed by atoms with Crippen LogP contribution in [0.3, 0.4) is 0 Å². The number of nitrogens with one attached hydrogen (secondary N) is 1. The first-order chi connectivity index (χ1) is 6.59. The zero-order valence-electron chi connectivity index (χ0n) is 10.0. The van der Waals surface area contributed by atoms with Crippen molar-refractivity contribution in [2.75, 3.05) is 12.3 Å². The van der Waals surface area contributed by atoms with E-state index < -0.39 is 0 Å². The lowest BCUT2D eigenvalue weighted by Crippen LogP contribution is -2.25. The van der Waals surface area contributed by atoms with Crippen molar-refractivity contribution in [2.24, 2.45) is 11.8 Å². The zero-order chi connectivity index (χ0) is 10.6. The fraction of sp³-hybridized carbons (Fsp3) is 1.00. The van der Waals surface area contributed by atoms with Crippen molar-refractivity contribution in [3.05, 3.63) is 0 Å². The van der Waals surface area contributed by atoms with Crippen LogP contribution in [-0.4, -0.2) is 23.6 Å². The lowest BCUT2D eigenvalue weighted by Gasteiger charge is -2.18. The van der Waals surface area contributed by atoms with E-state index in [1.165, 1.54) is 25.1 Å². The Morgan fingerprint density at radius 1 is 1.21 bits per heavy atom. The standard InChI is InChI=1S/C12H25NS/c1-9(2)11(4)14-8-10(3)7-13-12-5-6-12/h9-13H,5-8H2,1-4H3. The number of rotatable bonds is 7. The molecule has 2 heteroatoms. The quantitative estimate of drug-likeness (QED) is 0.700. The van der Waals surface area contributed by atoms with Crippen molar-refractivity contribution in [2.45, 2.75) is 51.8 Å². The Labute approximate surface area is 93.4 Å². The third-order valence-corrected chi connectivity index (χ3v) is 4.75. The summed E-state index contributed by atoms with van der Waals surface area (Å²) in [5.74, 6) is 2.93. The maximum absolute atomic E-state index is 3.60. The van der Waals surface area contributed by atoms with Gasteiger partial charge in [0.25, 0.3) is 0 Å². The minimum Gasteiger partial charge on any atom is -0.314 e. The van der Waals surface area contributed by atoms with E-state index in [4.69, 9.17) is 0 Å². The van der Waals surface area contributed by atoms with Gasteiger partial charge >= 0.3 is 0 Å². The Bertz CT molecular complexity index is 154. The van der Waals surface area contributed by atoms with Crippen LogP contribution in [0.2, 0.25) is 0 Å². The molecule has 1 saturated carbocycles. The molecule has 0 aliphatic heterocycles. The van der Waals surface area contributed by atoms with Crippen LogP contribution >= 0.6 is 11.8 Å². The first kappa shape index (κ1) is 12.4. The fourth-order valence-electron chi connectivity index (χ4n) is 1.22. The van der Waals surface area contributed by atoms with Crippen LogP contribution in [0.15, 0.2) is 0 Å². The minimum absolute atomic E-state index is 0.804. The van der Waals surface area contributed by atoms with Gasteiger partial charge in [-0.3, -0.25) is 0 Å². The van der Waals surface area contributed by atoms with Crippen molar-refractivity contribution < 1.29 is 0 Å². The third kappa shape index (κ3) is 5.26. The normalized spacial score (nSPS) is 21.2. The minimum atomic E-state index is 0.804. The summed E-state index contributed by atoms with van der Waals surface area (Å²) in [4.78, 5) is 0. The van der Waals surface area contributed by atoms with E-state index in [1.807, 2.05) is 0 Å². The average molecular weight is 215 g/mol. The van der Waals surface area contributed by atoms with Crippen molar-refractivity contribution in [3.8, 4) is 0 Å². The van der Waals surface area contributed by atoms with Gasteiger partial charge in [-0.2, -0.15) is 11.8 Å². The highest BCUT2D eigenvalue weighted by Crippen LogP contribution is 2.22. The predicted molar refractivity (Wildman–Crippen MR) is 66.9 cm³/mol. The molecule has 14 heavy (non-hydrogen) atoms. The van der Waals surface area contributed by atoms with Gasteiger partial charge in [0.1, 0.15) is 0 Å². The molecule has 1 aliphatic rings. The van der Waals surface area contributed by atoms with Gasteiger partial charge in [0, 0.05) is 11.3 Å². The molecule has 0 radical (unpaired) electrons. The molecular weight excluding hydrogens is 190 g/mol. The molecule has 1 N–H and O–H groups in total. The Hall–Kier alpha value is 0.310. The summed E-state index contributed by atoms with van der Waals surface area (Å²) < 4.78 is 0. The second-order valence-electron chi connectivity index (χ2n) is 5.07. The number of hydrogen-bond donors (Lipinski definition) is 1. The summed E-state index contributed by atoms with van der Waals surface area (Å²) in [6.07, 6.45) is 2.81. The molecule has 1 nitrogen and oxygen atoms in total. The Balaban J connectivity index is 1.98. The molecule has 2 atom stereocenters. The lowest BCUT2D eigenvalue weighted by atomic mass is 10.2. The molecule has 0 spiro atoms. The molecule has 1 rings (SSSR count). The van der Waals surface area contributed by atoms with E-state index in [0.717, 1.165) is 23.1 Å². The van der Waals surface area contributed by atoms with Gasteiger partial charge in [0.05, 0.1) is 0 Å². The molecule has 0 bridgehead atoms. The third-order valence-electron chi connectivity index (χ3n) is 2.91. The summed E-state index contributed by atoms with van der Waals surface area (Å²) in [5.41, 5.74) is 0. The van der Waals surface area contributed by atoms with Gasteiger partial charge in [-0.1, -0.05) is 27.7 Å². The van der Waals surface area contributed by atoms with Crippen LogP contribution in [0.1, 0.15) is 40.5 Å². The van der Waals surface area contributed by atoms with Crippen molar-refractivity contribution >= 4 is 11.8 Å². The average Bonchev–Trinajstić information content (AvgIpc) is 2.94. The Kier molecular flexibility index (Phi) is 5.32. The second kappa shape index (κ2) is 6.02. The summed E-state index contributed by atoms with van der Waals surface area (Å²) in [6, 6.07) is 0.866. The second-order valence-corrected chi connectivity index (χ2v) is 6.48. The Morgan fingerprint density at radius 3 is 2.36 bits per heavy atom. The zero-order valence-corrected chi connectivity index (χ0v) is 10.9. The van der Waals surface area contributed by atoms with E-state index in [-0.39, 0.29) is 0 Å². The van der Waals surface area contributed by atoms with Gasteiger partial charge in [-0.15, -0.1) is 0 Å². The smallest absolute Gasteiger partial charge is 0.00683 e. The largest absolute Gasteiger partial charge is 0.314 e. The molecule has 0 aromatic rings. The number of hydrogen-bond acceptors (Lipinski definition) is 2. The molecule has 0 heterocycles. The molecule has 84 valence electrons. The van der Waals surface area contributed by atoms with Crippen molar-refractivity contribution in [3.63, 3.8) is 0 Å². The molecule has 0 aromatic heterocycles. The van der Waals surface area contributed by atoms with Gasteiger partial charge in [0.2, 0.25) is 0 Å². The van der Waals surface area contributed by atoms with Gasteiger partial charge in [-0.05, 0) is 37.0 Å². The van der Waals surface area contributed by atoms with Crippen LogP contribution < -0.4 is 5.32 Å². The molecule has 1 aliphatic carbocycles. The van der Waals surface area contributed by atoms with E-state index in [0.29, 0.717) is 0 Å². The highest BCUT2D eigenvalue weighted by atomic mass is 32.2. The summed E-state index contributed by atoms with van der Waals surface area (Å²) >= 11 is 2.12. The maximum atomic E-state index is 3.60. The van der Waals surface area contributed by atoms with Gasteiger partial charge < -0.3 is 5.32 Å². The van der Waals surface area contributed by atoms with E-state index in [9.17, 15) is 0 Å². The molecular formula is C12H25NS. The highest BCUT2D eigenvalue weighted by Gasteiger charge is 2.21. The van der Waals surface area contributed by atoms with Crippen LogP contribution in [0.5, 0.6) is 0 Å². The van der Waals surface area contributed by atoms with Crippen LogP contribution in [-0.2, 0) is 0 Å². The topological polar surface area (TPSA) is 12.0 Å². The summed E-state index contributed by atoms with van der Waals surface area (Å²) in [6.45, 7) is 10.5. The lowest BCUT2D eigenvalue weighted by molar-refractivity contribution is 0.554. The molecule has 1 fully saturated rings. The fourth-order valence-corrected chi connectivity index (χ4v) is 2.36. The molecule has 2 unspecified atom stereocenters. The first-order valence-corrected chi connectivity index (χ1v) is 6.99. The van der Waals surface area contributed by atoms with Crippen LogP contribution in [0, 0.1) is 11.8 Å². The molecule has 0 aromatic carbocycles. The summed E-state index contributed by atoms with van der Waals surface area (Å²) in [7, 11) is 0. The first-order valence-electron chi connectivity index (χ1n) is 5.94. The van der Waals surface area contributed by atoms with E-state index in [1.54, 1.807) is 0 Å². The monoisotopic (exact) mass is 215 g/mol. The van der Waals surface area contributed by atoms with Gasteiger partial charge in [-0.25, -0.2) is 0 Å². The molecule has 0 saturated heterocycles. The van der Waals surface area contributed by atoms with E-state index in [2.05, 4.69) is 44.8 Å². The van der Waals surface area contributed by atoms with E-state index >= 15 is 0 Å².